The predicted octanol–water partition coefficient (Wildman–Crippen LogP) is 5.87. The summed E-state index contributed by atoms with van der Waals surface area (Å²) in [6, 6.07) is 14.4. The number of alkyl halides is 2. The number of halogens is 3. The molecule has 5 aromatic rings. The van der Waals surface area contributed by atoms with Crippen LogP contribution in [0, 0.1) is 23.2 Å². The van der Waals surface area contributed by atoms with Crippen molar-refractivity contribution in [3.05, 3.63) is 69.1 Å². The second kappa shape index (κ2) is 16.0. The monoisotopic (exact) mass is 879 g/mol. The van der Waals surface area contributed by atoms with E-state index in [1.165, 1.54) is 4.57 Å². The zero-order valence-electron chi connectivity index (χ0n) is 35.1. The van der Waals surface area contributed by atoms with Crippen molar-refractivity contribution in [3.63, 3.8) is 0 Å². The molecule has 5 aliphatic rings. The van der Waals surface area contributed by atoms with Crippen molar-refractivity contribution in [3.8, 4) is 11.8 Å². The topological polar surface area (TPSA) is 166 Å². The van der Waals surface area contributed by atoms with Crippen molar-refractivity contribution in [2.45, 2.75) is 56.4 Å². The molecule has 1 saturated carbocycles. The second-order valence-electron chi connectivity index (χ2n) is 17.7. The number of piperazine rings is 1. The maximum atomic E-state index is 15.2. The fourth-order valence-corrected chi connectivity index (χ4v) is 10.1. The molecule has 3 saturated heterocycles. The summed E-state index contributed by atoms with van der Waals surface area (Å²) in [5.74, 6) is -3.05. The lowest BCUT2D eigenvalue weighted by atomic mass is 9.93. The number of piperidine rings is 2. The van der Waals surface area contributed by atoms with Crippen LogP contribution in [-0.2, 0) is 23.7 Å². The zero-order chi connectivity index (χ0) is 43.7. The number of aryl methyl sites for hydroxylation is 2. The SMILES string of the molecule is Cn1nc(C2CCC(=O)NC2=O)c2ccc(N3CCN(CC4CCN(c5nc(Nc6ccc7c(c6)c6c(c(=O)n7C)OCC(F)(F)[C@H](C7CC7)N6)c(Cl)cc5C#N)CC4)CC3)cc21. The molecule has 0 radical (unpaired) electrons. The number of benzene rings is 2. The fourth-order valence-electron chi connectivity index (χ4n) is 9.88. The average Bonchev–Trinajstić information content (AvgIpc) is 4.08. The molecule has 3 aromatic heterocycles. The van der Waals surface area contributed by atoms with Gasteiger partial charge in [-0.3, -0.25) is 29.3 Å². The molecule has 4 fully saturated rings. The van der Waals surface area contributed by atoms with Crippen LogP contribution >= 0.6 is 11.6 Å². The van der Waals surface area contributed by atoms with E-state index in [2.05, 4.69) is 54.9 Å². The van der Waals surface area contributed by atoms with Crippen molar-refractivity contribution in [1.82, 2.24) is 29.5 Å². The maximum absolute atomic E-state index is 15.2. The zero-order valence-corrected chi connectivity index (χ0v) is 35.9. The molecule has 328 valence electrons. The summed E-state index contributed by atoms with van der Waals surface area (Å²) in [5, 5.41) is 25.4. The van der Waals surface area contributed by atoms with E-state index in [0.29, 0.717) is 71.1 Å². The standard InChI is InChI=1S/C45H48ClF2N11O4/c1-55-34-9-5-28(20-32(34)38-39(44(55)62)63-24-45(47,48)40(52-38)26-3-4-26)50-41-33(46)19-27(22-49)42(53-41)59-13-11-25(12-14-59)23-57-15-17-58(18-16-57)29-6-7-30-35(21-29)56(2)54-37(30)31-8-10-36(60)51-43(31)61/h5-7,9,19-21,25-26,31,40,52H,3-4,8,10-18,23-24H2,1-2H3,(H,50,53)(H,51,60,61)/t31?,40-/m0/s1. The van der Waals surface area contributed by atoms with Gasteiger partial charge in [-0.2, -0.15) is 10.4 Å². The number of nitrogens with one attached hydrogen (secondary N) is 3. The summed E-state index contributed by atoms with van der Waals surface area (Å²) in [5.41, 5.74) is 4.06. The molecule has 63 heavy (non-hydrogen) atoms. The number of aromatic nitrogens is 4. The highest BCUT2D eigenvalue weighted by Gasteiger charge is 2.51. The predicted molar refractivity (Wildman–Crippen MR) is 236 cm³/mol. The van der Waals surface area contributed by atoms with E-state index in [1.54, 1.807) is 31.3 Å². The molecule has 10 rings (SSSR count). The number of fused-ring (bicyclic) bond motifs is 4. The molecule has 7 heterocycles. The van der Waals surface area contributed by atoms with Crippen LogP contribution in [-0.4, -0.2) is 100 Å². The van der Waals surface area contributed by atoms with Crippen molar-refractivity contribution in [1.29, 1.82) is 5.26 Å². The third-order valence-corrected chi connectivity index (χ3v) is 13.8. The molecular weight excluding hydrogens is 832 g/mol. The van der Waals surface area contributed by atoms with Crippen LogP contribution in [0.15, 0.2) is 47.3 Å². The number of nitriles is 1. The van der Waals surface area contributed by atoms with Crippen molar-refractivity contribution >= 4 is 73.9 Å². The van der Waals surface area contributed by atoms with Crippen molar-refractivity contribution < 1.29 is 23.1 Å². The van der Waals surface area contributed by atoms with Crippen LogP contribution in [0.4, 0.5) is 37.5 Å². The quantitative estimate of drug-likeness (QED) is 0.159. The van der Waals surface area contributed by atoms with E-state index in [4.69, 9.17) is 26.4 Å². The first-order chi connectivity index (χ1) is 30.3. The highest BCUT2D eigenvalue weighted by molar-refractivity contribution is 6.33. The minimum Gasteiger partial charge on any atom is -0.480 e. The van der Waals surface area contributed by atoms with Gasteiger partial charge in [0.15, 0.2) is 12.4 Å². The summed E-state index contributed by atoms with van der Waals surface area (Å²) in [7, 11) is 3.48. The van der Waals surface area contributed by atoms with E-state index in [1.807, 2.05) is 11.7 Å². The Bertz CT molecular complexity index is 2770. The Hall–Kier alpha value is -5.99. The summed E-state index contributed by atoms with van der Waals surface area (Å²) in [4.78, 5) is 49.6. The van der Waals surface area contributed by atoms with E-state index >= 15 is 8.78 Å². The molecule has 0 spiro atoms. The van der Waals surface area contributed by atoms with Crippen LogP contribution in [0.2, 0.25) is 5.02 Å². The van der Waals surface area contributed by atoms with Gasteiger partial charge in [0.1, 0.15) is 11.9 Å². The van der Waals surface area contributed by atoms with Gasteiger partial charge in [0.25, 0.3) is 5.56 Å². The summed E-state index contributed by atoms with van der Waals surface area (Å²) in [6.07, 6.45) is 4.02. The molecule has 4 aliphatic heterocycles. The van der Waals surface area contributed by atoms with E-state index in [0.717, 1.165) is 75.2 Å². The number of hydrogen-bond acceptors (Lipinski definition) is 12. The first kappa shape index (κ1) is 41.0. The number of carbonyl (C=O) groups is 2. The Morgan fingerprint density at radius 2 is 1.71 bits per heavy atom. The van der Waals surface area contributed by atoms with Gasteiger partial charge >= 0.3 is 5.92 Å². The number of carbonyl (C=O) groups excluding carboxylic acids is 2. The Kier molecular flexibility index (Phi) is 10.4. The van der Waals surface area contributed by atoms with E-state index in [-0.39, 0.29) is 34.2 Å². The Morgan fingerprint density at radius 1 is 0.937 bits per heavy atom. The number of nitrogens with zero attached hydrogens (tertiary/aromatic N) is 8. The third kappa shape index (κ3) is 7.66. The van der Waals surface area contributed by atoms with Crippen LogP contribution in [0.3, 0.4) is 0 Å². The second-order valence-corrected chi connectivity index (χ2v) is 18.1. The molecule has 15 nitrogen and oxygen atoms in total. The molecular formula is C45H48ClF2N11O4. The third-order valence-electron chi connectivity index (χ3n) is 13.6. The van der Waals surface area contributed by atoms with Gasteiger partial charge < -0.3 is 29.7 Å². The van der Waals surface area contributed by atoms with Gasteiger partial charge in [-0.25, -0.2) is 13.8 Å². The molecule has 18 heteroatoms. The smallest absolute Gasteiger partial charge is 0.301 e. The van der Waals surface area contributed by atoms with E-state index < -0.39 is 30.0 Å². The summed E-state index contributed by atoms with van der Waals surface area (Å²) >= 11 is 6.72. The normalized spacial score (nSPS) is 22.0. The van der Waals surface area contributed by atoms with Crippen LogP contribution in [0.1, 0.15) is 55.7 Å². The lowest BCUT2D eigenvalue weighted by Crippen LogP contribution is -2.49. The Morgan fingerprint density at radius 3 is 2.44 bits per heavy atom. The number of amides is 2. The number of rotatable bonds is 8. The molecule has 1 aliphatic carbocycles. The van der Waals surface area contributed by atoms with E-state index in [9.17, 15) is 19.6 Å². The van der Waals surface area contributed by atoms with Gasteiger partial charge in [0, 0.05) is 88.5 Å². The minimum absolute atomic E-state index is 0.129. The highest BCUT2D eigenvalue weighted by Crippen LogP contribution is 2.46. The molecule has 2 aromatic carbocycles. The Labute approximate surface area is 366 Å². The minimum atomic E-state index is -3.15. The average molecular weight is 880 g/mol. The van der Waals surface area contributed by atoms with Gasteiger partial charge in [0.05, 0.1) is 45.0 Å². The van der Waals surface area contributed by atoms with Gasteiger partial charge in [0.2, 0.25) is 17.6 Å². The summed E-state index contributed by atoms with van der Waals surface area (Å²) in [6.45, 7) is 5.21. The molecule has 1 unspecified atom stereocenters. The first-order valence-corrected chi connectivity index (χ1v) is 22.1. The number of hydrogen-bond donors (Lipinski definition) is 3. The van der Waals surface area contributed by atoms with Crippen LogP contribution < -0.4 is 36.0 Å². The number of ether oxygens (including phenoxy) is 1. The van der Waals surface area contributed by atoms with Crippen LogP contribution in [0.25, 0.3) is 21.8 Å². The lowest BCUT2D eigenvalue weighted by molar-refractivity contribution is -0.134. The van der Waals surface area contributed by atoms with Gasteiger partial charge in [-0.15, -0.1) is 0 Å². The molecule has 0 bridgehead atoms. The number of imide groups is 1. The fraction of sp³-hybridized carbons (Fsp3) is 0.467. The first-order valence-electron chi connectivity index (χ1n) is 21.7. The Balaban J connectivity index is 0.788. The number of pyridine rings is 2. The molecule has 2 atom stereocenters. The summed E-state index contributed by atoms with van der Waals surface area (Å²) < 4.78 is 39.1. The van der Waals surface area contributed by atoms with Crippen LogP contribution in [0.5, 0.6) is 5.75 Å². The molecule has 3 N–H and O–H groups in total. The number of anilines is 5. The van der Waals surface area contributed by atoms with Gasteiger partial charge in [-0.1, -0.05) is 11.6 Å². The van der Waals surface area contributed by atoms with Crippen molar-refractivity contribution in [2.24, 2.45) is 25.9 Å². The van der Waals surface area contributed by atoms with Crippen molar-refractivity contribution in [2.75, 3.05) is 72.9 Å². The largest absolute Gasteiger partial charge is 0.480 e. The van der Waals surface area contributed by atoms with Gasteiger partial charge in [-0.05, 0) is 86.4 Å². The molecule has 2 amide bonds. The lowest BCUT2D eigenvalue weighted by Gasteiger charge is -2.40. The highest BCUT2D eigenvalue weighted by atomic mass is 35.5. The maximum Gasteiger partial charge on any atom is 0.301 e.